The zero-order chi connectivity index (χ0) is 13.1. The Hall–Kier alpha value is -1.10. The maximum Gasteiger partial charge on any atom is 0.255 e. The molecule has 0 spiro atoms. The van der Waals surface area contributed by atoms with Gasteiger partial charge in [-0.3, -0.25) is 4.79 Å². The summed E-state index contributed by atoms with van der Waals surface area (Å²) in [4.78, 5) is 16.3. The predicted octanol–water partition coefficient (Wildman–Crippen LogP) is 2.80. The first-order chi connectivity index (χ1) is 8.65. The molecule has 1 aromatic heterocycles. The first-order valence-corrected chi connectivity index (χ1v) is 7.09. The number of amides is 1. The van der Waals surface area contributed by atoms with Gasteiger partial charge in [0.2, 0.25) is 0 Å². The van der Waals surface area contributed by atoms with Gasteiger partial charge in [-0.05, 0) is 40.8 Å². The fraction of sp³-hybridized carbons (Fsp3) is 0.538. The van der Waals surface area contributed by atoms with Gasteiger partial charge in [-0.2, -0.15) is 0 Å². The predicted molar refractivity (Wildman–Crippen MR) is 75.8 cm³/mol. The topological polar surface area (TPSA) is 54.0 Å². The Balaban J connectivity index is 2.03. The van der Waals surface area contributed by atoms with E-state index >= 15 is 0 Å². The van der Waals surface area contributed by atoms with E-state index in [2.05, 4.69) is 38.5 Å². The van der Waals surface area contributed by atoms with E-state index in [1.165, 1.54) is 12.8 Å². The lowest BCUT2D eigenvalue weighted by Gasteiger charge is -2.09. The monoisotopic (exact) mass is 311 g/mol. The zero-order valence-electron chi connectivity index (χ0n) is 10.7. The summed E-state index contributed by atoms with van der Waals surface area (Å²) in [6, 6.07) is 2.15. The van der Waals surface area contributed by atoms with Gasteiger partial charge in [-0.25, -0.2) is 4.98 Å². The van der Waals surface area contributed by atoms with Crippen molar-refractivity contribution >= 4 is 27.7 Å². The summed E-state index contributed by atoms with van der Waals surface area (Å²) in [5, 5.41) is 6.01. The Morgan fingerprint density at radius 3 is 3.06 bits per heavy atom. The highest BCUT2D eigenvalue weighted by molar-refractivity contribution is 9.10. The number of anilines is 1. The second-order valence-corrected chi connectivity index (χ2v) is 5.58. The van der Waals surface area contributed by atoms with Crippen LogP contribution in [0.25, 0.3) is 0 Å². The summed E-state index contributed by atoms with van der Waals surface area (Å²) in [7, 11) is 1.77. The third-order valence-corrected chi connectivity index (χ3v) is 3.67. The van der Waals surface area contributed by atoms with Crippen molar-refractivity contribution in [3.8, 4) is 0 Å². The van der Waals surface area contributed by atoms with Gasteiger partial charge in [0.05, 0.1) is 5.56 Å². The summed E-state index contributed by atoms with van der Waals surface area (Å²) in [6.07, 6.45) is 5.16. The molecule has 1 aliphatic rings. The number of halogens is 1. The van der Waals surface area contributed by atoms with E-state index in [4.69, 9.17) is 0 Å². The molecule has 1 saturated carbocycles. The van der Waals surface area contributed by atoms with Crippen LogP contribution in [0.3, 0.4) is 0 Å². The molecule has 2 atom stereocenters. The van der Waals surface area contributed by atoms with E-state index in [0.717, 1.165) is 10.9 Å². The molecule has 98 valence electrons. The van der Waals surface area contributed by atoms with Crippen molar-refractivity contribution in [2.24, 2.45) is 5.92 Å². The van der Waals surface area contributed by atoms with Crippen LogP contribution >= 0.6 is 15.9 Å². The van der Waals surface area contributed by atoms with E-state index in [1.807, 2.05) is 0 Å². The quantitative estimate of drug-likeness (QED) is 0.879. The van der Waals surface area contributed by atoms with Gasteiger partial charge in [0.25, 0.3) is 5.91 Å². The summed E-state index contributed by atoms with van der Waals surface area (Å²) in [5.74, 6) is 1.23. The Morgan fingerprint density at radius 2 is 2.39 bits per heavy atom. The standard InChI is InChI=1S/C13H18BrN3O/c1-3-4-8-5-11(8)17-13(18)10-6-9(14)7-16-12(10)15-2/h6-8,11H,3-5H2,1-2H3,(H,15,16)(H,17,18). The number of rotatable bonds is 5. The van der Waals surface area contributed by atoms with Crippen LogP contribution in [0.4, 0.5) is 5.82 Å². The third-order valence-electron chi connectivity index (χ3n) is 3.23. The smallest absolute Gasteiger partial charge is 0.255 e. The van der Waals surface area contributed by atoms with Gasteiger partial charge >= 0.3 is 0 Å². The average molecular weight is 312 g/mol. The number of nitrogens with zero attached hydrogens (tertiary/aromatic N) is 1. The van der Waals surface area contributed by atoms with Crippen LogP contribution in [-0.2, 0) is 0 Å². The van der Waals surface area contributed by atoms with E-state index < -0.39 is 0 Å². The van der Waals surface area contributed by atoms with Crippen LogP contribution in [0.5, 0.6) is 0 Å². The number of hydrogen-bond donors (Lipinski definition) is 2. The second kappa shape index (κ2) is 5.69. The number of carbonyl (C=O) groups excluding carboxylic acids is 1. The molecule has 2 rings (SSSR count). The highest BCUT2D eigenvalue weighted by atomic mass is 79.9. The molecule has 1 fully saturated rings. The normalized spacial score (nSPS) is 21.5. The van der Waals surface area contributed by atoms with E-state index in [-0.39, 0.29) is 5.91 Å². The maximum absolute atomic E-state index is 12.2. The number of aromatic nitrogens is 1. The first kappa shape index (κ1) is 13.3. The fourth-order valence-corrected chi connectivity index (χ4v) is 2.50. The van der Waals surface area contributed by atoms with Gasteiger partial charge in [-0.15, -0.1) is 0 Å². The number of carbonyl (C=O) groups is 1. The van der Waals surface area contributed by atoms with Crippen LogP contribution in [0.1, 0.15) is 36.5 Å². The average Bonchev–Trinajstić information content (AvgIpc) is 3.07. The molecule has 2 unspecified atom stereocenters. The van der Waals surface area contributed by atoms with Crippen LogP contribution in [0.15, 0.2) is 16.7 Å². The molecule has 0 aliphatic heterocycles. The van der Waals surface area contributed by atoms with Crippen molar-refractivity contribution in [1.82, 2.24) is 10.3 Å². The number of nitrogens with one attached hydrogen (secondary N) is 2. The minimum Gasteiger partial charge on any atom is -0.372 e. The molecule has 5 heteroatoms. The number of pyridine rings is 1. The number of hydrogen-bond acceptors (Lipinski definition) is 3. The lowest BCUT2D eigenvalue weighted by atomic mass is 10.2. The minimum absolute atomic E-state index is 0.0447. The Labute approximate surface area is 116 Å². The summed E-state index contributed by atoms with van der Waals surface area (Å²) in [6.45, 7) is 2.18. The van der Waals surface area contributed by atoms with Gasteiger partial charge in [0.1, 0.15) is 5.82 Å². The SMILES string of the molecule is CCCC1CC1NC(=O)c1cc(Br)cnc1NC. The highest BCUT2D eigenvalue weighted by Gasteiger charge is 2.37. The lowest BCUT2D eigenvalue weighted by Crippen LogP contribution is -2.27. The lowest BCUT2D eigenvalue weighted by molar-refractivity contribution is 0.0949. The minimum atomic E-state index is -0.0447. The van der Waals surface area contributed by atoms with Crippen molar-refractivity contribution in [2.45, 2.75) is 32.2 Å². The van der Waals surface area contributed by atoms with Gasteiger partial charge in [0.15, 0.2) is 0 Å². The molecule has 1 aromatic rings. The zero-order valence-corrected chi connectivity index (χ0v) is 12.3. The molecule has 0 aromatic carbocycles. The van der Waals surface area contributed by atoms with Crippen molar-refractivity contribution in [3.63, 3.8) is 0 Å². The molecular weight excluding hydrogens is 294 g/mol. The third kappa shape index (κ3) is 3.02. The maximum atomic E-state index is 12.2. The van der Waals surface area contributed by atoms with E-state index in [0.29, 0.717) is 23.3 Å². The van der Waals surface area contributed by atoms with Crippen molar-refractivity contribution in [3.05, 3.63) is 22.3 Å². The van der Waals surface area contributed by atoms with Gasteiger partial charge in [0, 0.05) is 23.8 Å². The molecule has 4 nitrogen and oxygen atoms in total. The molecular formula is C13H18BrN3O. The Kier molecular flexibility index (Phi) is 4.22. The van der Waals surface area contributed by atoms with Crippen LogP contribution in [0, 0.1) is 5.92 Å². The van der Waals surface area contributed by atoms with Crippen molar-refractivity contribution < 1.29 is 4.79 Å². The summed E-state index contributed by atoms with van der Waals surface area (Å²) < 4.78 is 0.813. The van der Waals surface area contributed by atoms with Crippen molar-refractivity contribution in [2.75, 3.05) is 12.4 Å². The summed E-state index contributed by atoms with van der Waals surface area (Å²) >= 11 is 3.34. The van der Waals surface area contributed by atoms with E-state index in [1.54, 1.807) is 19.3 Å². The molecule has 1 aliphatic carbocycles. The van der Waals surface area contributed by atoms with Crippen LogP contribution in [-0.4, -0.2) is 24.0 Å². The van der Waals surface area contributed by atoms with Gasteiger partial charge < -0.3 is 10.6 Å². The molecule has 18 heavy (non-hydrogen) atoms. The van der Waals surface area contributed by atoms with Crippen LogP contribution < -0.4 is 10.6 Å². The fourth-order valence-electron chi connectivity index (χ4n) is 2.17. The van der Waals surface area contributed by atoms with Crippen molar-refractivity contribution in [1.29, 1.82) is 0 Å². The Morgan fingerprint density at radius 1 is 1.61 bits per heavy atom. The molecule has 0 bridgehead atoms. The molecule has 0 saturated heterocycles. The molecule has 1 amide bonds. The first-order valence-electron chi connectivity index (χ1n) is 6.29. The Bertz CT molecular complexity index is 450. The largest absolute Gasteiger partial charge is 0.372 e. The van der Waals surface area contributed by atoms with Gasteiger partial charge in [-0.1, -0.05) is 13.3 Å². The van der Waals surface area contributed by atoms with Crippen LogP contribution in [0.2, 0.25) is 0 Å². The highest BCUT2D eigenvalue weighted by Crippen LogP contribution is 2.35. The van der Waals surface area contributed by atoms with E-state index in [9.17, 15) is 4.79 Å². The summed E-state index contributed by atoms with van der Waals surface area (Å²) in [5.41, 5.74) is 0.592. The molecule has 0 radical (unpaired) electrons. The second-order valence-electron chi connectivity index (χ2n) is 4.66. The molecule has 1 heterocycles. The molecule has 2 N–H and O–H groups in total.